The van der Waals surface area contributed by atoms with Gasteiger partial charge in [0.25, 0.3) is 0 Å². The molecule has 144 valence electrons. The van der Waals surface area contributed by atoms with Crippen LogP contribution in [0.1, 0.15) is 19.3 Å². The van der Waals surface area contributed by atoms with E-state index < -0.39 is 0 Å². The van der Waals surface area contributed by atoms with Gasteiger partial charge in [-0.25, -0.2) is 0 Å². The van der Waals surface area contributed by atoms with Crippen LogP contribution in [0, 0.1) is 11.8 Å². The summed E-state index contributed by atoms with van der Waals surface area (Å²) >= 11 is 6.05. The zero-order valence-electron chi connectivity index (χ0n) is 15.7. The van der Waals surface area contributed by atoms with E-state index in [0.717, 1.165) is 16.7 Å². The van der Waals surface area contributed by atoms with Crippen molar-refractivity contribution in [1.82, 2.24) is 20.7 Å². The van der Waals surface area contributed by atoms with Gasteiger partial charge in [-0.2, -0.15) is 0 Å². The summed E-state index contributed by atoms with van der Waals surface area (Å²) in [5.41, 5.74) is 6.97. The normalized spacial score (nSPS) is 31.1. The van der Waals surface area contributed by atoms with E-state index in [1.54, 1.807) is 0 Å². The number of fused-ring (bicyclic) bond motifs is 1. The number of likely N-dealkylation sites (tertiary alicyclic amines) is 2. The van der Waals surface area contributed by atoms with Crippen LogP contribution in [0.3, 0.4) is 0 Å². The molecule has 3 saturated heterocycles. The van der Waals surface area contributed by atoms with Crippen LogP contribution in [0.2, 0.25) is 5.02 Å². The highest BCUT2D eigenvalue weighted by atomic mass is 35.5. The van der Waals surface area contributed by atoms with Gasteiger partial charge in [0.05, 0.1) is 6.04 Å². The SMILES string of the molecule is CN1CCC(CN2CCC3NNC(COc4cccc(Cl)c4)C3C2)CC1. The quantitative estimate of drug-likeness (QED) is 0.822. The van der Waals surface area contributed by atoms with Crippen molar-refractivity contribution in [2.75, 3.05) is 46.4 Å². The third-order valence-electron chi connectivity index (χ3n) is 6.29. The lowest BCUT2D eigenvalue weighted by Crippen LogP contribution is -2.49. The van der Waals surface area contributed by atoms with Gasteiger partial charge < -0.3 is 14.5 Å². The van der Waals surface area contributed by atoms with Crippen molar-refractivity contribution in [2.24, 2.45) is 11.8 Å². The van der Waals surface area contributed by atoms with Gasteiger partial charge in [-0.3, -0.25) is 10.9 Å². The van der Waals surface area contributed by atoms with Crippen molar-refractivity contribution in [2.45, 2.75) is 31.3 Å². The van der Waals surface area contributed by atoms with Crippen molar-refractivity contribution in [3.8, 4) is 5.75 Å². The largest absolute Gasteiger partial charge is 0.492 e. The van der Waals surface area contributed by atoms with Crippen LogP contribution in [0.4, 0.5) is 0 Å². The van der Waals surface area contributed by atoms with E-state index in [2.05, 4.69) is 27.7 Å². The molecular formula is C20H31ClN4O. The molecule has 0 aromatic heterocycles. The highest BCUT2D eigenvalue weighted by molar-refractivity contribution is 6.30. The summed E-state index contributed by atoms with van der Waals surface area (Å²) in [5, 5.41) is 0.722. The fourth-order valence-corrected chi connectivity index (χ4v) is 4.82. The third kappa shape index (κ3) is 4.52. The predicted octanol–water partition coefficient (Wildman–Crippen LogP) is 2.23. The second kappa shape index (κ2) is 8.44. The van der Waals surface area contributed by atoms with Crippen molar-refractivity contribution in [3.63, 3.8) is 0 Å². The molecule has 3 atom stereocenters. The van der Waals surface area contributed by atoms with Gasteiger partial charge in [0.1, 0.15) is 12.4 Å². The van der Waals surface area contributed by atoms with Crippen LogP contribution in [-0.4, -0.2) is 68.3 Å². The second-order valence-corrected chi connectivity index (χ2v) is 8.67. The van der Waals surface area contributed by atoms with Gasteiger partial charge in [0.15, 0.2) is 0 Å². The van der Waals surface area contributed by atoms with E-state index in [1.165, 1.54) is 52.0 Å². The van der Waals surface area contributed by atoms with Gasteiger partial charge >= 0.3 is 0 Å². The smallest absolute Gasteiger partial charge is 0.120 e. The molecule has 0 bridgehead atoms. The molecule has 0 amide bonds. The molecule has 0 spiro atoms. The number of hydrazine groups is 1. The van der Waals surface area contributed by atoms with E-state index in [4.69, 9.17) is 16.3 Å². The number of benzene rings is 1. The predicted molar refractivity (Wildman–Crippen MR) is 106 cm³/mol. The van der Waals surface area contributed by atoms with Crippen molar-refractivity contribution in [1.29, 1.82) is 0 Å². The summed E-state index contributed by atoms with van der Waals surface area (Å²) in [6.45, 7) is 6.83. The van der Waals surface area contributed by atoms with Crippen LogP contribution in [0.25, 0.3) is 0 Å². The number of rotatable bonds is 5. The number of hydrogen-bond acceptors (Lipinski definition) is 5. The fourth-order valence-electron chi connectivity index (χ4n) is 4.64. The van der Waals surface area contributed by atoms with Crippen LogP contribution >= 0.6 is 11.6 Å². The molecule has 3 unspecified atom stereocenters. The molecule has 3 fully saturated rings. The van der Waals surface area contributed by atoms with Gasteiger partial charge in [-0.1, -0.05) is 17.7 Å². The van der Waals surface area contributed by atoms with E-state index in [9.17, 15) is 0 Å². The summed E-state index contributed by atoms with van der Waals surface area (Å²) in [6, 6.07) is 8.58. The molecule has 0 aliphatic carbocycles. The number of ether oxygens (including phenoxy) is 1. The topological polar surface area (TPSA) is 39.8 Å². The molecular weight excluding hydrogens is 348 g/mol. The number of halogens is 1. The van der Waals surface area contributed by atoms with Crippen molar-refractivity contribution >= 4 is 11.6 Å². The number of hydrogen-bond donors (Lipinski definition) is 2. The summed E-state index contributed by atoms with van der Waals surface area (Å²) < 4.78 is 6.01. The number of nitrogens with zero attached hydrogens (tertiary/aromatic N) is 2. The van der Waals surface area contributed by atoms with Crippen LogP contribution < -0.4 is 15.6 Å². The average molecular weight is 379 g/mol. The Morgan fingerprint density at radius 2 is 2.00 bits per heavy atom. The molecule has 3 heterocycles. The Morgan fingerprint density at radius 1 is 1.15 bits per heavy atom. The molecule has 5 nitrogen and oxygen atoms in total. The van der Waals surface area contributed by atoms with Crippen molar-refractivity contribution < 1.29 is 4.74 Å². The standard InChI is InChI=1S/C20H31ClN4O/c1-24-8-5-15(6-9-24)12-25-10-7-19-18(13-25)20(23-22-19)14-26-17-4-2-3-16(21)11-17/h2-4,11,15,18-20,22-23H,5-10,12-14H2,1H3. The fraction of sp³-hybridized carbons (Fsp3) is 0.700. The minimum atomic E-state index is 0.347. The lowest BCUT2D eigenvalue weighted by molar-refractivity contribution is 0.103. The minimum Gasteiger partial charge on any atom is -0.492 e. The molecule has 0 radical (unpaired) electrons. The Labute approximate surface area is 162 Å². The number of nitrogens with one attached hydrogen (secondary N) is 2. The van der Waals surface area contributed by atoms with Crippen LogP contribution in [-0.2, 0) is 0 Å². The van der Waals surface area contributed by atoms with Crippen molar-refractivity contribution in [3.05, 3.63) is 29.3 Å². The molecule has 1 aromatic carbocycles. The molecule has 4 rings (SSSR count). The Kier molecular flexibility index (Phi) is 6.01. The highest BCUT2D eigenvalue weighted by Crippen LogP contribution is 2.27. The maximum atomic E-state index is 6.05. The van der Waals surface area contributed by atoms with E-state index in [-0.39, 0.29) is 0 Å². The van der Waals surface area contributed by atoms with Gasteiger partial charge in [0.2, 0.25) is 0 Å². The van der Waals surface area contributed by atoms with E-state index in [0.29, 0.717) is 24.6 Å². The Bertz CT molecular complexity index is 593. The van der Waals surface area contributed by atoms with Gasteiger partial charge in [0, 0.05) is 30.1 Å². The molecule has 2 N–H and O–H groups in total. The minimum absolute atomic E-state index is 0.347. The highest BCUT2D eigenvalue weighted by Gasteiger charge is 2.40. The maximum Gasteiger partial charge on any atom is 0.120 e. The average Bonchev–Trinajstić information content (AvgIpc) is 3.04. The lowest BCUT2D eigenvalue weighted by atomic mass is 9.87. The summed E-state index contributed by atoms with van der Waals surface area (Å²) in [7, 11) is 2.24. The first kappa shape index (κ1) is 18.5. The first-order valence-electron chi connectivity index (χ1n) is 9.98. The molecule has 3 aliphatic rings. The van der Waals surface area contributed by atoms with Crippen LogP contribution in [0.15, 0.2) is 24.3 Å². The first-order chi connectivity index (χ1) is 12.7. The summed E-state index contributed by atoms with van der Waals surface area (Å²) in [5.74, 6) is 2.32. The number of piperidine rings is 2. The second-order valence-electron chi connectivity index (χ2n) is 8.23. The van der Waals surface area contributed by atoms with Gasteiger partial charge in [-0.05, 0) is 70.1 Å². The van der Waals surface area contributed by atoms with Gasteiger partial charge in [-0.15, -0.1) is 0 Å². The van der Waals surface area contributed by atoms with E-state index in [1.807, 2.05) is 24.3 Å². The monoisotopic (exact) mass is 378 g/mol. The summed E-state index contributed by atoms with van der Waals surface area (Å²) in [6.07, 6.45) is 3.91. The Morgan fingerprint density at radius 3 is 2.81 bits per heavy atom. The molecule has 0 saturated carbocycles. The summed E-state index contributed by atoms with van der Waals surface area (Å²) in [4.78, 5) is 5.15. The Balaban J connectivity index is 1.29. The lowest BCUT2D eigenvalue weighted by Gasteiger charge is -2.39. The van der Waals surface area contributed by atoms with E-state index >= 15 is 0 Å². The first-order valence-corrected chi connectivity index (χ1v) is 10.4. The Hall–Kier alpha value is -0.850. The molecule has 26 heavy (non-hydrogen) atoms. The maximum absolute atomic E-state index is 6.05. The zero-order valence-corrected chi connectivity index (χ0v) is 16.4. The molecule has 3 aliphatic heterocycles. The molecule has 6 heteroatoms. The van der Waals surface area contributed by atoms with Crippen LogP contribution in [0.5, 0.6) is 5.75 Å². The third-order valence-corrected chi connectivity index (χ3v) is 6.53. The zero-order chi connectivity index (χ0) is 17.9. The molecule has 1 aromatic rings.